The lowest BCUT2D eigenvalue weighted by atomic mass is 10.1. The highest BCUT2D eigenvalue weighted by atomic mass is 79.9. The number of hydrogen-bond acceptors (Lipinski definition) is 3. The molecule has 1 heterocycles. The molecule has 0 amide bonds. The van der Waals surface area contributed by atoms with E-state index in [1.54, 1.807) is 0 Å². The molecule has 94 valence electrons. The van der Waals surface area contributed by atoms with Gasteiger partial charge >= 0.3 is 0 Å². The van der Waals surface area contributed by atoms with Crippen molar-refractivity contribution in [3.8, 4) is 11.3 Å². The number of nitrogens with zero attached hydrogens (tertiary/aromatic N) is 2. The van der Waals surface area contributed by atoms with E-state index < -0.39 is 0 Å². The van der Waals surface area contributed by atoms with Crippen LogP contribution in [-0.4, -0.2) is 9.66 Å². The molecule has 1 aliphatic rings. The van der Waals surface area contributed by atoms with E-state index in [-0.39, 0.29) is 0 Å². The van der Waals surface area contributed by atoms with Crippen LogP contribution in [-0.2, 0) is 0 Å². The zero-order valence-electron chi connectivity index (χ0n) is 9.53. The number of aromatic nitrogens is 2. The van der Waals surface area contributed by atoms with Crippen molar-refractivity contribution in [3.05, 3.63) is 33.0 Å². The lowest BCUT2D eigenvalue weighted by molar-refractivity contribution is 0.855. The van der Waals surface area contributed by atoms with Crippen molar-refractivity contribution in [1.82, 2.24) is 9.66 Å². The van der Waals surface area contributed by atoms with Crippen LogP contribution in [0.2, 0.25) is 0 Å². The zero-order valence-corrected chi connectivity index (χ0v) is 12.7. The molecule has 0 unspecified atom stereocenters. The molecule has 4 N–H and O–H groups in total. The normalized spacial score (nSPS) is 15.0. The smallest absolute Gasteiger partial charge is 0.150 e. The summed E-state index contributed by atoms with van der Waals surface area (Å²) >= 11 is 6.93. The van der Waals surface area contributed by atoms with Crippen molar-refractivity contribution in [3.63, 3.8) is 0 Å². The van der Waals surface area contributed by atoms with Gasteiger partial charge in [-0.15, -0.1) is 0 Å². The number of rotatable bonds is 2. The van der Waals surface area contributed by atoms with Crippen molar-refractivity contribution in [2.24, 2.45) is 0 Å². The van der Waals surface area contributed by atoms with Gasteiger partial charge in [-0.25, -0.2) is 9.66 Å². The summed E-state index contributed by atoms with van der Waals surface area (Å²) in [6.07, 6.45) is 2.30. The van der Waals surface area contributed by atoms with E-state index in [0.717, 1.165) is 38.9 Å². The maximum atomic E-state index is 6.04. The second-order valence-corrected chi connectivity index (χ2v) is 6.19. The van der Waals surface area contributed by atoms with Gasteiger partial charge in [0.15, 0.2) is 5.82 Å². The summed E-state index contributed by atoms with van der Waals surface area (Å²) in [6, 6.07) is 5.93. The third kappa shape index (κ3) is 1.93. The van der Waals surface area contributed by atoms with E-state index in [4.69, 9.17) is 11.6 Å². The molecule has 18 heavy (non-hydrogen) atoms. The van der Waals surface area contributed by atoms with Gasteiger partial charge in [0.1, 0.15) is 11.5 Å². The van der Waals surface area contributed by atoms with Crippen molar-refractivity contribution < 1.29 is 0 Å². The Balaban J connectivity index is 2.10. The first-order chi connectivity index (χ1) is 8.58. The highest BCUT2D eigenvalue weighted by Gasteiger charge is 2.30. The molecule has 1 aromatic heterocycles. The maximum absolute atomic E-state index is 6.04. The number of imidazole rings is 1. The van der Waals surface area contributed by atoms with E-state index in [1.165, 1.54) is 4.68 Å². The average Bonchev–Trinajstić information content (AvgIpc) is 3.13. The highest BCUT2D eigenvalue weighted by molar-refractivity contribution is 9.13. The monoisotopic (exact) mass is 370 g/mol. The van der Waals surface area contributed by atoms with Crippen molar-refractivity contribution in [2.75, 3.05) is 11.6 Å². The average molecular weight is 372 g/mol. The van der Waals surface area contributed by atoms with E-state index in [1.807, 2.05) is 18.2 Å². The molecular weight excluding hydrogens is 360 g/mol. The summed E-state index contributed by atoms with van der Waals surface area (Å²) in [4.78, 5) is 4.59. The fourth-order valence-electron chi connectivity index (χ4n) is 1.95. The molecule has 1 aliphatic carbocycles. The third-order valence-corrected chi connectivity index (χ3v) is 4.99. The topological polar surface area (TPSA) is 69.9 Å². The molecule has 0 spiro atoms. The van der Waals surface area contributed by atoms with Gasteiger partial charge in [0.05, 0.1) is 0 Å². The Kier molecular flexibility index (Phi) is 2.86. The number of nitrogens with two attached hydrogens (primary N) is 2. The van der Waals surface area contributed by atoms with Crippen LogP contribution in [0.3, 0.4) is 0 Å². The molecule has 6 heteroatoms. The predicted molar refractivity (Wildman–Crippen MR) is 79.6 cm³/mol. The van der Waals surface area contributed by atoms with Gasteiger partial charge in [-0.1, -0.05) is 6.07 Å². The minimum absolute atomic E-state index is 0.477. The first-order valence-electron chi connectivity index (χ1n) is 5.66. The summed E-state index contributed by atoms with van der Waals surface area (Å²) in [5.74, 6) is 7.84. The number of anilines is 1. The Labute approximate surface area is 122 Å². The summed E-state index contributed by atoms with van der Waals surface area (Å²) in [6.45, 7) is 0. The van der Waals surface area contributed by atoms with E-state index in [2.05, 4.69) is 36.8 Å². The molecule has 4 nitrogen and oxygen atoms in total. The van der Waals surface area contributed by atoms with Crippen LogP contribution in [0.4, 0.5) is 5.82 Å². The van der Waals surface area contributed by atoms with Gasteiger partial charge in [0.2, 0.25) is 0 Å². The first-order valence-corrected chi connectivity index (χ1v) is 7.25. The minimum Gasteiger partial charge on any atom is -0.382 e. The number of halogens is 2. The third-order valence-electron chi connectivity index (χ3n) is 3.11. The fraction of sp³-hybridized carbons (Fsp3) is 0.250. The molecule has 0 atom stereocenters. The van der Waals surface area contributed by atoms with Gasteiger partial charge in [-0.2, -0.15) is 0 Å². The summed E-state index contributed by atoms with van der Waals surface area (Å²) in [7, 11) is 0. The Hall–Kier alpha value is -1.01. The largest absolute Gasteiger partial charge is 0.382 e. The lowest BCUT2D eigenvalue weighted by Crippen LogP contribution is -2.14. The second kappa shape index (κ2) is 4.28. The number of nitrogen functional groups attached to an aromatic ring is 2. The van der Waals surface area contributed by atoms with Gasteiger partial charge < -0.3 is 11.6 Å². The highest BCUT2D eigenvalue weighted by Crippen LogP contribution is 2.41. The van der Waals surface area contributed by atoms with Gasteiger partial charge in [-0.3, -0.25) is 0 Å². The lowest BCUT2D eigenvalue weighted by Gasteiger charge is -2.02. The summed E-state index contributed by atoms with van der Waals surface area (Å²) in [5, 5.41) is 0. The molecule has 0 radical (unpaired) electrons. The Morgan fingerprint density at radius 1 is 1.22 bits per heavy atom. The minimum atomic E-state index is 0.477. The van der Waals surface area contributed by atoms with E-state index >= 15 is 0 Å². The Bertz CT molecular complexity index is 617. The Morgan fingerprint density at radius 3 is 2.56 bits per heavy atom. The molecule has 1 aromatic carbocycles. The van der Waals surface area contributed by atoms with Crippen LogP contribution in [0, 0.1) is 0 Å². The summed E-state index contributed by atoms with van der Waals surface area (Å²) in [5.41, 5.74) is 7.76. The van der Waals surface area contributed by atoms with Crippen molar-refractivity contribution in [2.45, 2.75) is 18.8 Å². The standard InChI is InChI=1S/C12H12Br2N4/c13-8-4-3-7(5-9(8)14)10-11(15)18(16)12(17-10)6-1-2-6/h3-6H,1-2,15-16H2. The molecular formula is C12H12Br2N4. The number of benzene rings is 1. The SMILES string of the molecule is Nc1c(-c2ccc(Br)c(Br)c2)nc(C2CC2)n1N. The van der Waals surface area contributed by atoms with Crippen molar-refractivity contribution >= 4 is 37.7 Å². The Morgan fingerprint density at radius 2 is 1.94 bits per heavy atom. The molecule has 2 aromatic rings. The van der Waals surface area contributed by atoms with Crippen LogP contribution in [0.15, 0.2) is 27.1 Å². The van der Waals surface area contributed by atoms with E-state index in [0.29, 0.717) is 11.7 Å². The molecule has 1 saturated carbocycles. The van der Waals surface area contributed by atoms with Crippen LogP contribution < -0.4 is 11.6 Å². The van der Waals surface area contributed by atoms with Crippen LogP contribution in [0.1, 0.15) is 24.6 Å². The molecule has 1 fully saturated rings. The van der Waals surface area contributed by atoms with Gasteiger partial charge in [-0.05, 0) is 56.8 Å². The van der Waals surface area contributed by atoms with Gasteiger partial charge in [0, 0.05) is 20.4 Å². The quantitative estimate of drug-likeness (QED) is 0.796. The first kappa shape index (κ1) is 12.0. The molecule has 0 bridgehead atoms. The van der Waals surface area contributed by atoms with Crippen LogP contribution >= 0.6 is 31.9 Å². The predicted octanol–water partition coefficient (Wildman–Crippen LogP) is 3.25. The van der Waals surface area contributed by atoms with E-state index in [9.17, 15) is 0 Å². The van der Waals surface area contributed by atoms with Crippen LogP contribution in [0.5, 0.6) is 0 Å². The molecule has 3 rings (SSSR count). The van der Waals surface area contributed by atoms with Crippen LogP contribution in [0.25, 0.3) is 11.3 Å². The van der Waals surface area contributed by atoms with Gasteiger partial charge in [0.25, 0.3) is 0 Å². The zero-order chi connectivity index (χ0) is 12.9. The van der Waals surface area contributed by atoms with Crippen molar-refractivity contribution in [1.29, 1.82) is 0 Å². The maximum Gasteiger partial charge on any atom is 0.150 e. The number of hydrogen-bond donors (Lipinski definition) is 2. The second-order valence-electron chi connectivity index (χ2n) is 4.48. The summed E-state index contributed by atoms with van der Waals surface area (Å²) < 4.78 is 3.49. The molecule has 0 aliphatic heterocycles. The fourth-order valence-corrected chi connectivity index (χ4v) is 2.57. The molecule has 0 saturated heterocycles.